The van der Waals surface area contributed by atoms with Crippen LogP contribution >= 0.6 is 0 Å². The van der Waals surface area contributed by atoms with Crippen molar-refractivity contribution >= 4 is 0 Å². The number of methoxy groups -OCH3 is 2. The molecule has 0 saturated heterocycles. The molecule has 0 radical (unpaired) electrons. The van der Waals surface area contributed by atoms with Crippen molar-refractivity contribution in [1.29, 1.82) is 0 Å². The Balaban J connectivity index is 1.97. The summed E-state index contributed by atoms with van der Waals surface area (Å²) >= 11 is 0. The molecule has 2 rings (SSSR count). The van der Waals surface area contributed by atoms with Crippen LogP contribution in [0.1, 0.15) is 32.0 Å². The van der Waals surface area contributed by atoms with Crippen molar-refractivity contribution in [2.24, 2.45) is 5.41 Å². The summed E-state index contributed by atoms with van der Waals surface area (Å²) in [4.78, 5) is 4.29. The Bertz CT molecular complexity index is 403. The second kappa shape index (κ2) is 6.03. The fourth-order valence-electron chi connectivity index (χ4n) is 2.88. The largest absolute Gasteiger partial charge is 0.383 e. The van der Waals surface area contributed by atoms with Crippen LogP contribution in [0.3, 0.4) is 0 Å². The molecule has 0 spiro atoms. The summed E-state index contributed by atoms with van der Waals surface area (Å²) < 4.78 is 12.8. The highest BCUT2D eigenvalue weighted by Gasteiger charge is 2.49. The fraction of sp³-hybridized carbons (Fsp3) is 0.786. The normalized spacial score (nSPS) is 25.3. The van der Waals surface area contributed by atoms with Crippen LogP contribution in [0.4, 0.5) is 0 Å². The Morgan fingerprint density at radius 1 is 1.47 bits per heavy atom. The van der Waals surface area contributed by atoms with Gasteiger partial charge in [-0.2, -0.15) is 0 Å². The van der Waals surface area contributed by atoms with E-state index in [4.69, 9.17) is 9.47 Å². The van der Waals surface area contributed by atoms with E-state index in [-0.39, 0.29) is 5.41 Å². The predicted octanol–water partition coefficient (Wildman–Crippen LogP) is 1.61. The Morgan fingerprint density at radius 2 is 2.26 bits per heavy atom. The second-order valence-corrected chi connectivity index (χ2v) is 5.76. The molecule has 2 unspecified atom stereocenters. The van der Waals surface area contributed by atoms with Crippen molar-refractivity contribution in [3.05, 3.63) is 18.2 Å². The van der Waals surface area contributed by atoms with Crippen LogP contribution in [0.5, 0.6) is 0 Å². The first-order valence-electron chi connectivity index (χ1n) is 6.84. The van der Waals surface area contributed by atoms with Gasteiger partial charge >= 0.3 is 0 Å². The van der Waals surface area contributed by atoms with E-state index in [0.29, 0.717) is 12.1 Å². The molecule has 2 atom stereocenters. The number of ether oxygens (including phenoxy) is 2. The van der Waals surface area contributed by atoms with Crippen molar-refractivity contribution < 1.29 is 9.47 Å². The van der Waals surface area contributed by atoms with Crippen LogP contribution in [0.25, 0.3) is 0 Å². The van der Waals surface area contributed by atoms with Gasteiger partial charge in [-0.05, 0) is 6.42 Å². The predicted molar refractivity (Wildman–Crippen MR) is 74.0 cm³/mol. The van der Waals surface area contributed by atoms with E-state index in [1.54, 1.807) is 14.2 Å². The highest BCUT2D eigenvalue weighted by molar-refractivity contribution is 5.09. The number of imidazole rings is 1. The standard InChI is InChI=1S/C14H25N3O2/c1-14(2)12(7-13(14)19-4)17-10-16-9-11(17)8-15-5-6-18-3/h9-10,12-13,15H,5-8H2,1-4H3. The van der Waals surface area contributed by atoms with Crippen molar-refractivity contribution in [3.63, 3.8) is 0 Å². The molecule has 0 aromatic carbocycles. The van der Waals surface area contributed by atoms with E-state index in [1.165, 1.54) is 5.69 Å². The van der Waals surface area contributed by atoms with Gasteiger partial charge in [-0.3, -0.25) is 0 Å². The van der Waals surface area contributed by atoms with Gasteiger partial charge in [-0.1, -0.05) is 13.8 Å². The lowest BCUT2D eigenvalue weighted by atomic mass is 9.64. The van der Waals surface area contributed by atoms with Gasteiger partial charge in [0.15, 0.2) is 0 Å². The molecule has 1 aliphatic rings. The summed E-state index contributed by atoms with van der Waals surface area (Å²) in [7, 11) is 3.51. The monoisotopic (exact) mass is 267 g/mol. The number of rotatable bonds is 7. The van der Waals surface area contributed by atoms with Crippen LogP contribution in [-0.4, -0.2) is 43.0 Å². The SMILES string of the molecule is COCCNCc1cncn1C1CC(OC)C1(C)C. The fourth-order valence-corrected chi connectivity index (χ4v) is 2.88. The lowest BCUT2D eigenvalue weighted by Crippen LogP contribution is -2.51. The molecule has 1 aromatic rings. The lowest BCUT2D eigenvalue weighted by Gasteiger charge is -2.52. The lowest BCUT2D eigenvalue weighted by molar-refractivity contribution is -0.113. The van der Waals surface area contributed by atoms with E-state index in [2.05, 4.69) is 28.7 Å². The van der Waals surface area contributed by atoms with Gasteiger partial charge in [0.1, 0.15) is 0 Å². The maximum atomic E-state index is 5.52. The van der Waals surface area contributed by atoms with E-state index >= 15 is 0 Å². The van der Waals surface area contributed by atoms with E-state index < -0.39 is 0 Å². The number of aromatic nitrogens is 2. The van der Waals surface area contributed by atoms with E-state index in [0.717, 1.165) is 26.1 Å². The van der Waals surface area contributed by atoms with Gasteiger partial charge < -0.3 is 19.4 Å². The highest BCUT2D eigenvalue weighted by atomic mass is 16.5. The number of hydrogen-bond acceptors (Lipinski definition) is 4. The molecule has 0 aliphatic heterocycles. The average Bonchev–Trinajstić information content (AvgIpc) is 2.82. The first kappa shape index (κ1) is 14.5. The van der Waals surface area contributed by atoms with Crippen LogP contribution < -0.4 is 5.32 Å². The molecule has 19 heavy (non-hydrogen) atoms. The van der Waals surface area contributed by atoms with Crippen molar-refractivity contribution in [2.75, 3.05) is 27.4 Å². The van der Waals surface area contributed by atoms with Crippen molar-refractivity contribution in [3.8, 4) is 0 Å². The number of nitrogens with zero attached hydrogens (tertiary/aromatic N) is 2. The third-order valence-electron chi connectivity index (χ3n) is 4.28. The van der Waals surface area contributed by atoms with Crippen LogP contribution in [0.2, 0.25) is 0 Å². The van der Waals surface area contributed by atoms with Gasteiger partial charge in [-0.15, -0.1) is 0 Å². The van der Waals surface area contributed by atoms with Gasteiger partial charge in [0.2, 0.25) is 0 Å². The topological polar surface area (TPSA) is 48.3 Å². The van der Waals surface area contributed by atoms with Gasteiger partial charge in [0, 0.05) is 45.0 Å². The molecule has 1 saturated carbocycles. The summed E-state index contributed by atoms with van der Waals surface area (Å²) in [5.74, 6) is 0. The van der Waals surface area contributed by atoms with E-state index in [9.17, 15) is 0 Å². The summed E-state index contributed by atoms with van der Waals surface area (Å²) in [6, 6.07) is 0.471. The zero-order valence-corrected chi connectivity index (χ0v) is 12.3. The second-order valence-electron chi connectivity index (χ2n) is 5.76. The first-order valence-corrected chi connectivity index (χ1v) is 6.84. The Labute approximate surface area is 115 Å². The zero-order chi connectivity index (χ0) is 13.9. The molecule has 1 heterocycles. The molecule has 1 N–H and O–H groups in total. The number of nitrogens with one attached hydrogen (secondary N) is 1. The van der Waals surface area contributed by atoms with Crippen LogP contribution in [0.15, 0.2) is 12.5 Å². The molecule has 0 amide bonds. The molecule has 1 aliphatic carbocycles. The van der Waals surface area contributed by atoms with Crippen molar-refractivity contribution in [1.82, 2.24) is 14.9 Å². The molecule has 1 aromatic heterocycles. The number of hydrogen-bond donors (Lipinski definition) is 1. The summed E-state index contributed by atoms with van der Waals surface area (Å²) in [5.41, 5.74) is 1.39. The smallest absolute Gasteiger partial charge is 0.0951 e. The van der Waals surface area contributed by atoms with Crippen LogP contribution in [0, 0.1) is 5.41 Å². The third-order valence-corrected chi connectivity index (χ3v) is 4.28. The Hall–Kier alpha value is -0.910. The quantitative estimate of drug-likeness (QED) is 0.762. The molecule has 5 nitrogen and oxygen atoms in total. The summed E-state index contributed by atoms with van der Waals surface area (Å²) in [6.07, 6.45) is 5.28. The summed E-state index contributed by atoms with van der Waals surface area (Å²) in [6.45, 7) is 6.94. The summed E-state index contributed by atoms with van der Waals surface area (Å²) in [5, 5.41) is 3.37. The molecular formula is C14H25N3O2. The maximum Gasteiger partial charge on any atom is 0.0951 e. The van der Waals surface area contributed by atoms with Crippen LogP contribution in [-0.2, 0) is 16.0 Å². The van der Waals surface area contributed by atoms with Gasteiger partial charge in [-0.25, -0.2) is 4.98 Å². The minimum Gasteiger partial charge on any atom is -0.383 e. The minimum absolute atomic E-state index is 0.163. The average molecular weight is 267 g/mol. The zero-order valence-electron chi connectivity index (χ0n) is 12.3. The molecule has 0 bridgehead atoms. The minimum atomic E-state index is 0.163. The maximum absolute atomic E-state index is 5.52. The molecular weight excluding hydrogens is 242 g/mol. The molecule has 1 fully saturated rings. The Kier molecular flexibility index (Phi) is 4.60. The molecule has 5 heteroatoms. The van der Waals surface area contributed by atoms with Crippen molar-refractivity contribution in [2.45, 2.75) is 39.0 Å². The van der Waals surface area contributed by atoms with E-state index in [1.807, 2.05) is 12.5 Å². The Morgan fingerprint density at radius 3 is 2.89 bits per heavy atom. The highest BCUT2D eigenvalue weighted by Crippen LogP contribution is 2.51. The third kappa shape index (κ3) is 2.83. The first-order chi connectivity index (χ1) is 9.11. The molecule has 108 valence electrons. The van der Waals surface area contributed by atoms with Gasteiger partial charge in [0.25, 0.3) is 0 Å². The van der Waals surface area contributed by atoms with Gasteiger partial charge in [0.05, 0.1) is 24.7 Å².